The number of rotatable bonds is 7. The normalized spacial score (nSPS) is 17.5. The minimum Gasteiger partial charge on any atom is -0.345 e. The number of ketones is 1. The van der Waals surface area contributed by atoms with Crippen LogP contribution in [0.2, 0.25) is 0 Å². The molecule has 6 nitrogen and oxygen atoms in total. The van der Waals surface area contributed by atoms with Gasteiger partial charge < -0.3 is 9.88 Å². The first-order valence-corrected chi connectivity index (χ1v) is 8.19. The van der Waals surface area contributed by atoms with Crippen LogP contribution in [0.25, 0.3) is 0 Å². The average molecular weight is 331 g/mol. The van der Waals surface area contributed by atoms with Gasteiger partial charge in [0, 0.05) is 23.5 Å². The highest BCUT2D eigenvalue weighted by Crippen LogP contribution is 2.19. The SMILES string of the molecule is C=CCn1c(C)cc(C(=O)CN2C(=O)NC(CC(C)C)C2=O)c1C. The molecule has 130 valence electrons. The number of carbonyl (C=O) groups is 3. The summed E-state index contributed by atoms with van der Waals surface area (Å²) >= 11 is 0. The van der Waals surface area contributed by atoms with Gasteiger partial charge in [-0.25, -0.2) is 4.79 Å². The Balaban J connectivity index is 2.15. The van der Waals surface area contributed by atoms with Crippen LogP contribution in [0, 0.1) is 19.8 Å². The van der Waals surface area contributed by atoms with Gasteiger partial charge in [-0.05, 0) is 32.3 Å². The van der Waals surface area contributed by atoms with E-state index >= 15 is 0 Å². The lowest BCUT2D eigenvalue weighted by Gasteiger charge is -2.13. The Morgan fingerprint density at radius 1 is 1.38 bits per heavy atom. The van der Waals surface area contributed by atoms with E-state index in [2.05, 4.69) is 11.9 Å². The highest BCUT2D eigenvalue weighted by Gasteiger charge is 2.39. The molecule has 1 aliphatic heterocycles. The van der Waals surface area contributed by atoms with E-state index < -0.39 is 12.1 Å². The summed E-state index contributed by atoms with van der Waals surface area (Å²) in [5.41, 5.74) is 2.32. The zero-order valence-electron chi connectivity index (χ0n) is 14.8. The fourth-order valence-corrected chi connectivity index (χ4v) is 3.08. The molecule has 0 radical (unpaired) electrons. The number of allylic oxidation sites excluding steroid dienone is 1. The first-order valence-electron chi connectivity index (χ1n) is 8.19. The predicted molar refractivity (Wildman–Crippen MR) is 91.9 cm³/mol. The Morgan fingerprint density at radius 3 is 2.62 bits per heavy atom. The van der Waals surface area contributed by atoms with Crippen molar-refractivity contribution in [2.75, 3.05) is 6.54 Å². The third-order valence-corrected chi connectivity index (χ3v) is 4.30. The molecule has 1 unspecified atom stereocenters. The van der Waals surface area contributed by atoms with Crippen LogP contribution in [-0.2, 0) is 11.3 Å². The molecule has 24 heavy (non-hydrogen) atoms. The quantitative estimate of drug-likeness (QED) is 0.474. The second-order valence-electron chi connectivity index (χ2n) is 6.66. The Hall–Kier alpha value is -2.37. The largest absolute Gasteiger partial charge is 0.345 e. The Morgan fingerprint density at radius 2 is 2.04 bits per heavy atom. The van der Waals surface area contributed by atoms with Gasteiger partial charge in [-0.15, -0.1) is 6.58 Å². The molecule has 0 bridgehead atoms. The third-order valence-electron chi connectivity index (χ3n) is 4.30. The summed E-state index contributed by atoms with van der Waals surface area (Å²) in [4.78, 5) is 38.0. The smallest absolute Gasteiger partial charge is 0.325 e. The zero-order chi connectivity index (χ0) is 18.0. The lowest BCUT2D eigenvalue weighted by atomic mass is 10.0. The Labute approximate surface area is 142 Å². The molecule has 1 N–H and O–H groups in total. The Bertz CT molecular complexity index is 688. The van der Waals surface area contributed by atoms with Crippen molar-refractivity contribution >= 4 is 17.7 Å². The molecule has 0 spiro atoms. The molecular weight excluding hydrogens is 306 g/mol. The molecule has 1 aromatic rings. The summed E-state index contributed by atoms with van der Waals surface area (Å²) in [7, 11) is 0. The number of urea groups is 1. The summed E-state index contributed by atoms with van der Waals surface area (Å²) in [6.45, 7) is 11.9. The predicted octanol–water partition coefficient (Wildman–Crippen LogP) is 2.44. The van der Waals surface area contributed by atoms with E-state index in [-0.39, 0.29) is 24.2 Å². The number of aromatic nitrogens is 1. The standard InChI is InChI=1S/C18H25N3O3/c1-6-7-20-12(4)9-14(13(20)5)16(22)10-21-17(23)15(8-11(2)3)19-18(21)24/h6,9,11,15H,1,7-8,10H2,2-5H3,(H,19,24). The molecule has 1 aliphatic rings. The van der Waals surface area contributed by atoms with Gasteiger partial charge in [0.1, 0.15) is 6.04 Å². The van der Waals surface area contributed by atoms with E-state index in [1.807, 2.05) is 32.3 Å². The van der Waals surface area contributed by atoms with E-state index in [0.717, 1.165) is 16.3 Å². The minimum atomic E-state index is -0.529. The van der Waals surface area contributed by atoms with Crippen LogP contribution in [0.5, 0.6) is 0 Å². The number of Topliss-reactive ketones (excluding diaryl/α,β-unsaturated/α-hetero) is 1. The summed E-state index contributed by atoms with van der Waals surface area (Å²) in [6.07, 6.45) is 2.34. The van der Waals surface area contributed by atoms with Crippen LogP contribution in [0.3, 0.4) is 0 Å². The number of nitrogens with zero attached hydrogens (tertiary/aromatic N) is 2. The third kappa shape index (κ3) is 3.42. The summed E-state index contributed by atoms with van der Waals surface area (Å²) < 4.78 is 1.98. The molecule has 3 amide bonds. The second-order valence-corrected chi connectivity index (χ2v) is 6.66. The molecule has 1 saturated heterocycles. The van der Waals surface area contributed by atoms with Gasteiger partial charge in [-0.2, -0.15) is 0 Å². The molecule has 1 atom stereocenters. The monoisotopic (exact) mass is 331 g/mol. The molecule has 0 aromatic carbocycles. The van der Waals surface area contributed by atoms with E-state index in [0.29, 0.717) is 18.5 Å². The van der Waals surface area contributed by atoms with Crippen LogP contribution >= 0.6 is 0 Å². The van der Waals surface area contributed by atoms with Crippen molar-refractivity contribution in [3.8, 4) is 0 Å². The van der Waals surface area contributed by atoms with Gasteiger partial charge in [-0.3, -0.25) is 14.5 Å². The van der Waals surface area contributed by atoms with Gasteiger partial charge in [0.25, 0.3) is 5.91 Å². The number of imide groups is 1. The second kappa shape index (κ2) is 7.03. The van der Waals surface area contributed by atoms with Crippen LogP contribution in [0.15, 0.2) is 18.7 Å². The van der Waals surface area contributed by atoms with Crippen molar-refractivity contribution in [3.63, 3.8) is 0 Å². The first kappa shape index (κ1) is 18.0. The number of nitrogens with one attached hydrogen (secondary N) is 1. The van der Waals surface area contributed by atoms with Gasteiger partial charge in [-0.1, -0.05) is 19.9 Å². The van der Waals surface area contributed by atoms with Crippen molar-refractivity contribution in [2.24, 2.45) is 5.92 Å². The van der Waals surface area contributed by atoms with Gasteiger partial charge in [0.15, 0.2) is 5.78 Å². The fourth-order valence-electron chi connectivity index (χ4n) is 3.08. The number of amides is 3. The topological polar surface area (TPSA) is 71.4 Å². The maximum absolute atomic E-state index is 12.6. The van der Waals surface area contributed by atoms with Crippen molar-refractivity contribution in [2.45, 2.75) is 46.7 Å². The van der Waals surface area contributed by atoms with Crippen LogP contribution in [-0.4, -0.2) is 39.8 Å². The zero-order valence-corrected chi connectivity index (χ0v) is 14.8. The number of hydrogen-bond donors (Lipinski definition) is 1. The maximum Gasteiger partial charge on any atom is 0.325 e. The molecule has 0 saturated carbocycles. The Kier molecular flexibility index (Phi) is 5.26. The highest BCUT2D eigenvalue weighted by atomic mass is 16.2. The van der Waals surface area contributed by atoms with Crippen molar-refractivity contribution in [3.05, 3.63) is 35.7 Å². The average Bonchev–Trinajstić information content (AvgIpc) is 2.92. The number of hydrogen-bond acceptors (Lipinski definition) is 3. The molecule has 1 fully saturated rings. The summed E-state index contributed by atoms with van der Waals surface area (Å²) in [6, 6.07) is 0.781. The molecule has 0 aliphatic carbocycles. The first-order chi connectivity index (χ1) is 11.3. The van der Waals surface area contributed by atoms with E-state index in [9.17, 15) is 14.4 Å². The van der Waals surface area contributed by atoms with Crippen LogP contribution in [0.1, 0.15) is 42.0 Å². The van der Waals surface area contributed by atoms with E-state index in [1.54, 1.807) is 12.1 Å². The van der Waals surface area contributed by atoms with Gasteiger partial charge in [0.2, 0.25) is 0 Å². The van der Waals surface area contributed by atoms with Crippen LogP contribution in [0.4, 0.5) is 4.79 Å². The number of aryl methyl sites for hydroxylation is 1. The molecule has 1 aromatic heterocycles. The van der Waals surface area contributed by atoms with E-state index in [1.165, 1.54) is 0 Å². The van der Waals surface area contributed by atoms with Crippen molar-refractivity contribution in [1.29, 1.82) is 0 Å². The molecule has 2 rings (SSSR count). The molecule has 6 heteroatoms. The summed E-state index contributed by atoms with van der Waals surface area (Å²) in [5.74, 6) is -0.262. The minimum absolute atomic E-state index is 0.225. The molecular formula is C18H25N3O3. The molecule has 2 heterocycles. The van der Waals surface area contributed by atoms with Crippen molar-refractivity contribution in [1.82, 2.24) is 14.8 Å². The lowest BCUT2D eigenvalue weighted by Crippen LogP contribution is -2.36. The van der Waals surface area contributed by atoms with Gasteiger partial charge >= 0.3 is 6.03 Å². The van der Waals surface area contributed by atoms with Gasteiger partial charge in [0.05, 0.1) is 6.54 Å². The fraction of sp³-hybridized carbons (Fsp3) is 0.500. The van der Waals surface area contributed by atoms with Crippen LogP contribution < -0.4 is 5.32 Å². The van der Waals surface area contributed by atoms with E-state index in [4.69, 9.17) is 0 Å². The van der Waals surface area contributed by atoms with Crippen molar-refractivity contribution < 1.29 is 14.4 Å². The maximum atomic E-state index is 12.6. The highest BCUT2D eigenvalue weighted by molar-refractivity contribution is 6.09. The summed E-state index contributed by atoms with van der Waals surface area (Å²) in [5, 5.41) is 2.66. The number of carbonyl (C=O) groups excluding carboxylic acids is 3. The lowest BCUT2D eigenvalue weighted by molar-refractivity contribution is -0.127.